The van der Waals surface area contributed by atoms with Crippen LogP contribution in [0.1, 0.15) is 0 Å². The molecule has 0 aliphatic carbocycles. The smallest absolute Gasteiger partial charge is 0.142 e. The molecule has 3 heterocycles. The number of hydrogen-bond donors (Lipinski definition) is 2. The van der Waals surface area contributed by atoms with Gasteiger partial charge in [-0.3, -0.25) is 10.2 Å². The van der Waals surface area contributed by atoms with Gasteiger partial charge < -0.3 is 5.32 Å². The van der Waals surface area contributed by atoms with Crippen molar-refractivity contribution >= 4 is 18.0 Å². The molecule has 1 aromatic rings. The maximum Gasteiger partial charge on any atom is 0.142 e. The summed E-state index contributed by atoms with van der Waals surface area (Å²) in [7, 11) is 0. The van der Waals surface area contributed by atoms with Gasteiger partial charge in [0.25, 0.3) is 0 Å². The SMILES string of the molecule is ON1C=NC(Nc2ccccn2)C2C=CCN=C21. The van der Waals surface area contributed by atoms with Crippen LogP contribution in [0.2, 0.25) is 0 Å². The molecule has 1 aromatic heterocycles. The molecule has 0 aromatic carbocycles. The molecular weight excluding hydrogens is 230 g/mol. The number of aromatic nitrogens is 1. The molecule has 2 unspecified atom stereocenters. The number of anilines is 1. The van der Waals surface area contributed by atoms with E-state index in [0.717, 1.165) is 10.9 Å². The fourth-order valence-corrected chi connectivity index (χ4v) is 2.03. The molecule has 3 rings (SSSR count). The lowest BCUT2D eigenvalue weighted by atomic mass is 10.0. The molecule has 0 saturated heterocycles. The lowest BCUT2D eigenvalue weighted by molar-refractivity contribution is 0.0590. The normalized spacial score (nSPS) is 25.6. The van der Waals surface area contributed by atoms with Crippen LogP contribution in [-0.4, -0.2) is 40.1 Å². The average molecular weight is 243 g/mol. The fraction of sp³-hybridized carbons (Fsp3) is 0.250. The monoisotopic (exact) mass is 243 g/mol. The van der Waals surface area contributed by atoms with Crippen molar-refractivity contribution < 1.29 is 5.21 Å². The number of rotatable bonds is 2. The molecule has 2 aliphatic rings. The molecule has 6 nitrogen and oxygen atoms in total. The van der Waals surface area contributed by atoms with Gasteiger partial charge in [0.05, 0.1) is 12.5 Å². The van der Waals surface area contributed by atoms with Crippen molar-refractivity contribution in [2.45, 2.75) is 6.17 Å². The van der Waals surface area contributed by atoms with E-state index < -0.39 is 0 Å². The molecule has 2 aliphatic heterocycles. The molecule has 0 amide bonds. The van der Waals surface area contributed by atoms with Gasteiger partial charge in [-0.1, -0.05) is 18.2 Å². The van der Waals surface area contributed by atoms with Crippen LogP contribution in [0, 0.1) is 5.92 Å². The summed E-state index contributed by atoms with van der Waals surface area (Å²) in [6, 6.07) is 5.65. The second kappa shape index (κ2) is 4.58. The topological polar surface area (TPSA) is 73.1 Å². The zero-order chi connectivity index (χ0) is 12.4. The zero-order valence-corrected chi connectivity index (χ0v) is 9.64. The number of hydroxylamine groups is 2. The summed E-state index contributed by atoms with van der Waals surface area (Å²) < 4.78 is 0. The highest BCUT2D eigenvalue weighted by atomic mass is 16.5. The zero-order valence-electron chi connectivity index (χ0n) is 9.64. The van der Waals surface area contributed by atoms with Gasteiger partial charge in [-0.15, -0.1) is 0 Å². The van der Waals surface area contributed by atoms with Crippen molar-refractivity contribution in [3.05, 3.63) is 36.5 Å². The van der Waals surface area contributed by atoms with Crippen molar-refractivity contribution in [2.75, 3.05) is 11.9 Å². The number of amidine groups is 1. The van der Waals surface area contributed by atoms with Crippen molar-refractivity contribution in [3.63, 3.8) is 0 Å². The van der Waals surface area contributed by atoms with Gasteiger partial charge in [0, 0.05) is 6.20 Å². The van der Waals surface area contributed by atoms with E-state index in [1.165, 1.54) is 6.34 Å². The van der Waals surface area contributed by atoms with Crippen LogP contribution in [0.5, 0.6) is 0 Å². The average Bonchev–Trinajstić information content (AvgIpc) is 2.44. The van der Waals surface area contributed by atoms with Crippen molar-refractivity contribution in [2.24, 2.45) is 15.9 Å². The van der Waals surface area contributed by atoms with Crippen LogP contribution >= 0.6 is 0 Å². The Hall–Kier alpha value is -2.21. The summed E-state index contributed by atoms with van der Waals surface area (Å²) in [6.07, 6.45) is 6.87. The number of nitrogens with zero attached hydrogens (tertiary/aromatic N) is 4. The van der Waals surface area contributed by atoms with Crippen LogP contribution in [0.4, 0.5) is 5.82 Å². The van der Waals surface area contributed by atoms with Gasteiger partial charge in [-0.25, -0.2) is 9.98 Å². The van der Waals surface area contributed by atoms with Gasteiger partial charge in [-0.2, -0.15) is 5.06 Å². The second-order valence-corrected chi connectivity index (χ2v) is 4.07. The quantitative estimate of drug-likeness (QED) is 0.764. The minimum absolute atomic E-state index is 0.0734. The minimum Gasteiger partial charge on any atom is -0.348 e. The Kier molecular flexibility index (Phi) is 2.77. The highest BCUT2D eigenvalue weighted by molar-refractivity contribution is 5.96. The standard InChI is InChI=1S/C12H13N5O/c18-17-8-15-11(9-4-3-7-14-12(9)17)16-10-5-1-2-6-13-10/h1-6,8-9,11,18H,7H2,(H,13,16). The number of hydrogen-bond acceptors (Lipinski definition) is 6. The van der Waals surface area contributed by atoms with Crippen LogP contribution in [0.15, 0.2) is 46.5 Å². The molecule has 6 heteroatoms. The third-order valence-corrected chi connectivity index (χ3v) is 2.87. The van der Waals surface area contributed by atoms with E-state index >= 15 is 0 Å². The lowest BCUT2D eigenvalue weighted by Gasteiger charge is -2.32. The van der Waals surface area contributed by atoms with E-state index in [1.54, 1.807) is 6.20 Å². The van der Waals surface area contributed by atoms with E-state index in [1.807, 2.05) is 30.4 Å². The predicted octanol–water partition coefficient (Wildman–Crippen LogP) is 1.14. The fourth-order valence-electron chi connectivity index (χ4n) is 2.03. The molecule has 18 heavy (non-hydrogen) atoms. The van der Waals surface area contributed by atoms with E-state index in [0.29, 0.717) is 12.4 Å². The maximum absolute atomic E-state index is 9.66. The molecule has 0 fully saturated rings. The first-order valence-electron chi connectivity index (χ1n) is 5.74. The van der Waals surface area contributed by atoms with Crippen LogP contribution in [0.3, 0.4) is 0 Å². The Morgan fingerprint density at radius 1 is 1.39 bits per heavy atom. The molecule has 0 radical (unpaired) electrons. The number of pyridine rings is 1. The van der Waals surface area contributed by atoms with Gasteiger partial charge in [0.2, 0.25) is 0 Å². The number of dihydropyridines is 1. The highest BCUT2D eigenvalue weighted by Gasteiger charge is 2.31. The van der Waals surface area contributed by atoms with Crippen molar-refractivity contribution in [1.29, 1.82) is 0 Å². The molecular formula is C12H13N5O. The predicted molar refractivity (Wildman–Crippen MR) is 68.7 cm³/mol. The third-order valence-electron chi connectivity index (χ3n) is 2.87. The number of fused-ring (bicyclic) bond motifs is 1. The first kappa shape index (κ1) is 10.9. The first-order chi connectivity index (χ1) is 8.84. The molecule has 2 atom stereocenters. The van der Waals surface area contributed by atoms with Gasteiger partial charge >= 0.3 is 0 Å². The first-order valence-corrected chi connectivity index (χ1v) is 5.74. The summed E-state index contributed by atoms with van der Waals surface area (Å²) >= 11 is 0. The van der Waals surface area contributed by atoms with Crippen molar-refractivity contribution in [3.8, 4) is 0 Å². The number of nitrogens with one attached hydrogen (secondary N) is 1. The Labute approximate surface area is 104 Å². The molecule has 2 N–H and O–H groups in total. The maximum atomic E-state index is 9.66. The van der Waals surface area contributed by atoms with E-state index in [9.17, 15) is 5.21 Å². The van der Waals surface area contributed by atoms with Gasteiger partial charge in [-0.05, 0) is 12.1 Å². The Morgan fingerprint density at radius 2 is 2.33 bits per heavy atom. The minimum atomic E-state index is -0.196. The Morgan fingerprint density at radius 3 is 3.17 bits per heavy atom. The Balaban J connectivity index is 1.84. The van der Waals surface area contributed by atoms with Crippen LogP contribution in [-0.2, 0) is 0 Å². The lowest BCUT2D eigenvalue weighted by Crippen LogP contribution is -2.45. The molecule has 0 bridgehead atoms. The number of aliphatic imine (C=N–C) groups is 2. The van der Waals surface area contributed by atoms with Gasteiger partial charge in [0.15, 0.2) is 0 Å². The van der Waals surface area contributed by atoms with Crippen molar-refractivity contribution in [1.82, 2.24) is 10.0 Å². The van der Waals surface area contributed by atoms with Crippen LogP contribution < -0.4 is 5.32 Å². The largest absolute Gasteiger partial charge is 0.348 e. The van der Waals surface area contributed by atoms with E-state index in [-0.39, 0.29) is 12.1 Å². The summed E-state index contributed by atoms with van der Waals surface area (Å²) in [4.78, 5) is 12.7. The molecule has 0 saturated carbocycles. The molecule has 0 spiro atoms. The summed E-state index contributed by atoms with van der Waals surface area (Å²) in [5.41, 5.74) is 0. The van der Waals surface area contributed by atoms with E-state index in [4.69, 9.17) is 0 Å². The summed E-state index contributed by atoms with van der Waals surface area (Å²) in [5.74, 6) is 1.29. The Bertz CT molecular complexity index is 510. The molecule has 92 valence electrons. The highest BCUT2D eigenvalue weighted by Crippen LogP contribution is 2.21. The third kappa shape index (κ3) is 1.98. The van der Waals surface area contributed by atoms with Crippen LogP contribution in [0.25, 0.3) is 0 Å². The van der Waals surface area contributed by atoms with Gasteiger partial charge in [0.1, 0.15) is 24.2 Å². The van der Waals surface area contributed by atoms with E-state index in [2.05, 4.69) is 20.3 Å². The summed E-state index contributed by atoms with van der Waals surface area (Å²) in [5, 5.41) is 13.9. The second-order valence-electron chi connectivity index (χ2n) is 4.07. The summed E-state index contributed by atoms with van der Waals surface area (Å²) in [6.45, 7) is 0.590.